The lowest BCUT2D eigenvalue weighted by atomic mass is 9.53. The highest BCUT2D eigenvalue weighted by atomic mass is 16.7. The Bertz CT molecular complexity index is 1220. The number of phenols is 1. The molecule has 200 valence electrons. The Morgan fingerprint density at radius 3 is 2.41 bits per heavy atom. The molecule has 0 saturated heterocycles. The summed E-state index contributed by atoms with van der Waals surface area (Å²) in [5.74, 6) is -10.3. The Balaban J connectivity index is 1.77. The Kier molecular flexibility index (Phi) is 6.54. The van der Waals surface area contributed by atoms with Crippen LogP contribution in [0.15, 0.2) is 6.07 Å². The van der Waals surface area contributed by atoms with Gasteiger partial charge in [-0.2, -0.15) is 5.48 Å². The third-order valence-corrected chi connectivity index (χ3v) is 7.58. The molecule has 5 N–H and O–H groups in total. The number of rotatable bonds is 5. The van der Waals surface area contributed by atoms with Gasteiger partial charge in [-0.15, -0.1) is 0 Å². The molecule has 1 amide bonds. The van der Waals surface area contributed by atoms with Crippen molar-refractivity contribution in [2.75, 3.05) is 19.0 Å². The topological polar surface area (TPSA) is 176 Å². The molecule has 0 bridgehead atoms. The van der Waals surface area contributed by atoms with Crippen LogP contribution in [-0.2, 0) is 37.0 Å². The van der Waals surface area contributed by atoms with Crippen LogP contribution in [0.3, 0.4) is 0 Å². The Labute approximate surface area is 214 Å². The van der Waals surface area contributed by atoms with Crippen molar-refractivity contribution in [1.29, 1.82) is 0 Å². The molecule has 0 aromatic heterocycles. The fourth-order valence-electron chi connectivity index (χ4n) is 5.93. The summed E-state index contributed by atoms with van der Waals surface area (Å²) in [6, 6.07) is 1.74. The smallest absolute Gasteiger partial charge is 0.235 e. The first kappa shape index (κ1) is 26.9. The van der Waals surface area contributed by atoms with Crippen molar-refractivity contribution < 1.29 is 39.0 Å². The molecule has 0 heterocycles. The Morgan fingerprint density at radius 1 is 1.19 bits per heavy atom. The third kappa shape index (κ3) is 4.24. The van der Waals surface area contributed by atoms with Gasteiger partial charge in [-0.1, -0.05) is 0 Å². The lowest BCUT2D eigenvalue weighted by Gasteiger charge is -2.48. The zero-order valence-electron chi connectivity index (χ0n) is 21.6. The van der Waals surface area contributed by atoms with Crippen LogP contribution in [0.5, 0.6) is 5.75 Å². The normalized spacial score (nSPS) is 29.5. The SMILES string of the molecule is CN(C)c1cc(CNOC(C)(C)C)c(O)c2c1C[C@H]1C[C@H]3CC(=O)C(C(N)=O)C(=O)[C@@]3(O)C(=O)C1C2=O. The highest BCUT2D eigenvalue weighted by Crippen LogP contribution is 2.51. The summed E-state index contributed by atoms with van der Waals surface area (Å²) in [5.41, 5.74) is 6.39. The van der Waals surface area contributed by atoms with E-state index in [0.29, 0.717) is 16.8 Å². The second kappa shape index (κ2) is 9.00. The van der Waals surface area contributed by atoms with Gasteiger partial charge in [0.25, 0.3) is 0 Å². The largest absolute Gasteiger partial charge is 0.507 e. The summed E-state index contributed by atoms with van der Waals surface area (Å²) < 4.78 is 0. The molecule has 11 heteroatoms. The molecule has 2 fully saturated rings. The van der Waals surface area contributed by atoms with E-state index in [2.05, 4.69) is 5.48 Å². The minimum Gasteiger partial charge on any atom is -0.507 e. The lowest BCUT2D eigenvalue weighted by Crippen LogP contribution is -2.68. The summed E-state index contributed by atoms with van der Waals surface area (Å²) in [6.07, 6.45) is -0.0909. The number of primary amides is 1. The molecular weight excluding hydrogens is 482 g/mol. The number of nitrogens with two attached hydrogens (primary N) is 1. The molecule has 3 aliphatic rings. The fraction of sp³-hybridized carbons (Fsp3) is 0.577. The number of ketones is 4. The van der Waals surface area contributed by atoms with Crippen LogP contribution in [0.2, 0.25) is 0 Å². The number of hydrogen-bond donors (Lipinski definition) is 4. The number of Topliss-reactive ketones (excluding diaryl/α,β-unsaturated/α-hetero) is 4. The number of fused-ring (bicyclic) bond motifs is 3. The van der Waals surface area contributed by atoms with Crippen molar-refractivity contribution in [2.24, 2.45) is 29.4 Å². The van der Waals surface area contributed by atoms with Crippen LogP contribution in [0.25, 0.3) is 0 Å². The molecule has 0 aliphatic heterocycles. The number of aliphatic hydroxyl groups is 1. The molecule has 0 spiro atoms. The quantitative estimate of drug-likeness (QED) is 0.313. The number of phenolic OH excluding ortho intramolecular Hbond substituents is 1. The van der Waals surface area contributed by atoms with Gasteiger partial charge in [0.05, 0.1) is 17.1 Å². The Hall–Kier alpha value is -3.15. The number of hydrogen-bond acceptors (Lipinski definition) is 10. The van der Waals surface area contributed by atoms with Gasteiger partial charge >= 0.3 is 0 Å². The van der Waals surface area contributed by atoms with E-state index in [9.17, 15) is 34.2 Å². The maximum atomic E-state index is 13.8. The maximum Gasteiger partial charge on any atom is 0.235 e. The standard InChI is InChI=1S/C26H33N3O8/c1-25(2,3)37-28-10-12-8-15(29(4)5)14-7-11-6-13-9-16(30)19(24(27)35)23(34)26(13,36)22(33)17(11)21(32)18(14)20(12)31/h8,11,13,17,19,28,31,36H,6-7,9-10H2,1-5H3,(H2,27,35)/t11-,13+,17?,19?,26+/m1/s1. The Morgan fingerprint density at radius 2 is 1.84 bits per heavy atom. The van der Waals surface area contributed by atoms with Crippen molar-refractivity contribution >= 4 is 34.7 Å². The first-order valence-corrected chi connectivity index (χ1v) is 12.2. The molecule has 2 unspecified atom stereocenters. The summed E-state index contributed by atoms with van der Waals surface area (Å²) in [4.78, 5) is 72.1. The van der Waals surface area contributed by atoms with E-state index in [1.54, 1.807) is 25.1 Å². The highest BCUT2D eigenvalue weighted by Gasteiger charge is 2.66. The number of carbonyl (C=O) groups is 5. The first-order chi connectivity index (χ1) is 17.1. The van der Waals surface area contributed by atoms with Crippen LogP contribution in [0.4, 0.5) is 5.69 Å². The minimum atomic E-state index is -2.67. The average molecular weight is 516 g/mol. The van der Waals surface area contributed by atoms with Crippen molar-refractivity contribution in [3.63, 3.8) is 0 Å². The zero-order chi connectivity index (χ0) is 27.6. The van der Waals surface area contributed by atoms with Gasteiger partial charge < -0.3 is 20.8 Å². The number of carbonyl (C=O) groups excluding carboxylic acids is 5. The highest BCUT2D eigenvalue weighted by molar-refractivity contribution is 6.31. The molecule has 1 aromatic carbocycles. The van der Waals surface area contributed by atoms with Crippen molar-refractivity contribution in [3.05, 3.63) is 22.8 Å². The van der Waals surface area contributed by atoms with Crippen LogP contribution in [0.1, 0.15) is 55.1 Å². The van der Waals surface area contributed by atoms with Gasteiger partial charge in [-0.3, -0.25) is 28.8 Å². The average Bonchev–Trinajstić information content (AvgIpc) is 2.76. The van der Waals surface area contributed by atoms with Gasteiger partial charge in [0.15, 0.2) is 34.7 Å². The number of anilines is 1. The number of aromatic hydroxyl groups is 1. The molecule has 5 atom stereocenters. The number of amides is 1. The molecule has 2 saturated carbocycles. The predicted octanol–water partition coefficient (Wildman–Crippen LogP) is 0.213. The summed E-state index contributed by atoms with van der Waals surface area (Å²) in [6.45, 7) is 5.60. The lowest BCUT2D eigenvalue weighted by molar-refractivity contribution is -0.175. The van der Waals surface area contributed by atoms with E-state index in [0.717, 1.165) is 0 Å². The molecule has 11 nitrogen and oxygen atoms in total. The first-order valence-electron chi connectivity index (χ1n) is 12.2. The predicted molar refractivity (Wildman–Crippen MR) is 131 cm³/mol. The van der Waals surface area contributed by atoms with E-state index in [1.165, 1.54) is 0 Å². The third-order valence-electron chi connectivity index (χ3n) is 7.58. The molecule has 1 aromatic rings. The van der Waals surface area contributed by atoms with Gasteiger partial charge in [0, 0.05) is 44.2 Å². The van der Waals surface area contributed by atoms with Crippen molar-refractivity contribution in [3.8, 4) is 5.75 Å². The summed E-state index contributed by atoms with van der Waals surface area (Å²) in [7, 11) is 3.58. The van der Waals surface area contributed by atoms with Crippen molar-refractivity contribution in [2.45, 2.75) is 57.8 Å². The molecule has 4 rings (SSSR count). The number of benzene rings is 1. The van der Waals surface area contributed by atoms with Crippen LogP contribution in [-0.4, -0.2) is 64.6 Å². The van der Waals surface area contributed by atoms with E-state index in [4.69, 9.17) is 10.6 Å². The van der Waals surface area contributed by atoms with Crippen LogP contribution in [0, 0.1) is 23.7 Å². The molecule has 0 radical (unpaired) electrons. The number of hydroxylamine groups is 1. The van der Waals surface area contributed by atoms with Gasteiger partial charge in [-0.25, -0.2) is 0 Å². The number of nitrogens with one attached hydrogen (secondary N) is 1. The molecular formula is C26H33N3O8. The van der Waals surface area contributed by atoms with Gasteiger partial charge in [0.1, 0.15) is 5.75 Å². The van der Waals surface area contributed by atoms with Gasteiger partial charge in [-0.05, 0) is 51.2 Å². The van der Waals surface area contributed by atoms with E-state index < -0.39 is 63.9 Å². The van der Waals surface area contributed by atoms with E-state index in [1.807, 2.05) is 20.8 Å². The monoisotopic (exact) mass is 515 g/mol. The molecule has 37 heavy (non-hydrogen) atoms. The summed E-state index contributed by atoms with van der Waals surface area (Å²) >= 11 is 0. The van der Waals surface area contributed by atoms with Gasteiger partial charge in [0.2, 0.25) is 5.91 Å². The van der Waals surface area contributed by atoms with Crippen molar-refractivity contribution in [1.82, 2.24) is 5.48 Å². The zero-order valence-corrected chi connectivity index (χ0v) is 21.6. The van der Waals surface area contributed by atoms with Crippen LogP contribution < -0.4 is 16.1 Å². The fourth-order valence-corrected chi connectivity index (χ4v) is 5.93. The maximum absolute atomic E-state index is 13.8. The van der Waals surface area contributed by atoms with E-state index >= 15 is 0 Å². The second-order valence-electron chi connectivity index (χ2n) is 11.4. The van der Waals surface area contributed by atoms with Crippen LogP contribution >= 0.6 is 0 Å². The second-order valence-corrected chi connectivity index (χ2v) is 11.4. The summed E-state index contributed by atoms with van der Waals surface area (Å²) in [5, 5.41) is 22.5. The molecule has 3 aliphatic carbocycles. The minimum absolute atomic E-state index is 0.0406. The van der Waals surface area contributed by atoms with E-state index in [-0.39, 0.29) is 37.1 Å². The number of nitrogens with zero attached hydrogens (tertiary/aromatic N) is 1.